The Kier molecular flexibility index (Phi) is 4.73. The largest absolute Gasteiger partial charge is 0.387 e. The Labute approximate surface area is 152 Å². The zero-order valence-electron chi connectivity index (χ0n) is 14.6. The molecule has 3 aromatic rings. The van der Waals surface area contributed by atoms with Gasteiger partial charge in [-0.15, -0.1) is 0 Å². The number of hydrogen-bond acceptors (Lipinski definition) is 3. The Hall–Kier alpha value is -2.63. The van der Waals surface area contributed by atoms with Crippen LogP contribution in [0.5, 0.6) is 0 Å². The molecule has 0 aliphatic carbocycles. The number of hydrogen-bond donors (Lipinski definition) is 3. The maximum Gasteiger partial charge on any atom is 0.240 e. The third kappa shape index (κ3) is 3.36. The molecule has 2 heterocycles. The molecule has 0 radical (unpaired) electrons. The first kappa shape index (κ1) is 16.8. The maximum atomic E-state index is 12.6. The van der Waals surface area contributed by atoms with Gasteiger partial charge in [-0.2, -0.15) is 0 Å². The molecule has 1 saturated heterocycles. The number of fused-ring (bicyclic) bond motifs is 1. The summed E-state index contributed by atoms with van der Waals surface area (Å²) in [6.45, 7) is 1.74. The summed E-state index contributed by atoms with van der Waals surface area (Å²) in [4.78, 5) is 17.7. The number of nitrogens with one attached hydrogen (secondary N) is 2. The lowest BCUT2D eigenvalue weighted by Crippen LogP contribution is -2.39. The molecule has 2 unspecified atom stereocenters. The highest BCUT2D eigenvalue weighted by molar-refractivity contribution is 5.84. The van der Waals surface area contributed by atoms with Gasteiger partial charge in [-0.25, -0.2) is 0 Å². The van der Waals surface area contributed by atoms with Crippen LogP contribution < -0.4 is 5.32 Å². The van der Waals surface area contributed by atoms with Gasteiger partial charge in [0.1, 0.15) is 0 Å². The van der Waals surface area contributed by atoms with Gasteiger partial charge in [-0.3, -0.25) is 4.79 Å². The van der Waals surface area contributed by atoms with Crippen LogP contribution in [0.4, 0.5) is 0 Å². The van der Waals surface area contributed by atoms with Crippen LogP contribution in [-0.4, -0.2) is 40.0 Å². The second-order valence-electron chi connectivity index (χ2n) is 6.80. The topological polar surface area (TPSA) is 68.4 Å². The molecule has 5 nitrogen and oxygen atoms in total. The molecular weight excluding hydrogens is 326 g/mol. The number of para-hydroxylation sites is 1. The van der Waals surface area contributed by atoms with Crippen LogP contribution in [0.1, 0.15) is 23.7 Å². The summed E-state index contributed by atoms with van der Waals surface area (Å²) in [5.41, 5.74) is 3.01. The minimum Gasteiger partial charge on any atom is -0.387 e. The van der Waals surface area contributed by atoms with Crippen molar-refractivity contribution in [2.24, 2.45) is 0 Å². The minimum atomic E-state index is -0.651. The number of aromatic amines is 1. The van der Waals surface area contributed by atoms with Gasteiger partial charge in [-0.1, -0.05) is 48.5 Å². The zero-order chi connectivity index (χ0) is 17.9. The molecule has 1 amide bonds. The number of aliphatic hydroxyl groups excluding tert-OH is 1. The van der Waals surface area contributed by atoms with Crippen molar-refractivity contribution < 1.29 is 9.90 Å². The second kappa shape index (κ2) is 7.32. The van der Waals surface area contributed by atoms with E-state index in [4.69, 9.17) is 0 Å². The predicted molar refractivity (Wildman–Crippen MR) is 102 cm³/mol. The highest BCUT2D eigenvalue weighted by Crippen LogP contribution is 2.24. The van der Waals surface area contributed by atoms with Crippen LogP contribution in [0.15, 0.2) is 60.8 Å². The van der Waals surface area contributed by atoms with E-state index in [9.17, 15) is 9.90 Å². The van der Waals surface area contributed by atoms with E-state index in [0.29, 0.717) is 13.1 Å². The number of carbonyl (C=O) groups is 1. The second-order valence-corrected chi connectivity index (χ2v) is 6.80. The van der Waals surface area contributed by atoms with Crippen LogP contribution in [0.3, 0.4) is 0 Å². The first-order chi connectivity index (χ1) is 12.7. The number of H-pyrrole nitrogens is 1. The number of carbonyl (C=O) groups excluding carboxylic acids is 1. The van der Waals surface area contributed by atoms with Crippen molar-refractivity contribution in [3.63, 3.8) is 0 Å². The van der Waals surface area contributed by atoms with Crippen LogP contribution in [0.2, 0.25) is 0 Å². The van der Waals surface area contributed by atoms with E-state index in [0.717, 1.165) is 35.0 Å². The molecule has 1 aliphatic heterocycles. The molecule has 1 aliphatic rings. The molecule has 1 fully saturated rings. The zero-order valence-corrected chi connectivity index (χ0v) is 14.6. The Morgan fingerprint density at radius 3 is 2.77 bits per heavy atom. The molecule has 3 N–H and O–H groups in total. The van der Waals surface area contributed by atoms with Crippen LogP contribution >= 0.6 is 0 Å². The van der Waals surface area contributed by atoms with E-state index in [1.807, 2.05) is 65.7 Å². The third-order valence-corrected chi connectivity index (χ3v) is 5.05. The molecule has 5 heteroatoms. The Balaban J connectivity index is 1.35. The van der Waals surface area contributed by atoms with Gasteiger partial charge in [0, 0.05) is 42.3 Å². The molecule has 0 saturated carbocycles. The summed E-state index contributed by atoms with van der Waals surface area (Å²) in [6.07, 6.45) is 1.96. The number of amides is 1. The summed E-state index contributed by atoms with van der Waals surface area (Å²) >= 11 is 0. The number of aliphatic hydroxyl groups is 1. The standard InChI is InChI=1S/C21H23N3O2/c25-20(17-12-22-18-9-5-4-8-16(17)18)13-23-19-10-11-24(21(19)26)14-15-6-2-1-3-7-15/h1-9,12,19-20,22-23,25H,10-11,13-14H2. The summed E-state index contributed by atoms with van der Waals surface area (Å²) in [5.74, 6) is 0.111. The lowest BCUT2D eigenvalue weighted by Gasteiger charge is -2.18. The quantitative estimate of drug-likeness (QED) is 0.641. The number of nitrogens with zero attached hydrogens (tertiary/aromatic N) is 1. The summed E-state index contributed by atoms with van der Waals surface area (Å²) in [6, 6.07) is 17.7. The van der Waals surface area contributed by atoms with Gasteiger partial charge >= 0.3 is 0 Å². The number of aromatic nitrogens is 1. The summed E-state index contributed by atoms with van der Waals surface area (Å²) in [7, 11) is 0. The smallest absolute Gasteiger partial charge is 0.240 e. The van der Waals surface area contributed by atoms with E-state index in [2.05, 4.69) is 10.3 Å². The monoisotopic (exact) mass is 349 g/mol. The van der Waals surface area contributed by atoms with E-state index >= 15 is 0 Å². The average Bonchev–Trinajstić information content (AvgIpc) is 3.25. The number of rotatable bonds is 6. The Bertz CT molecular complexity index is 890. The van der Waals surface area contributed by atoms with E-state index in [1.54, 1.807) is 0 Å². The van der Waals surface area contributed by atoms with Gasteiger partial charge in [0.15, 0.2) is 0 Å². The fraction of sp³-hybridized carbons (Fsp3) is 0.286. The molecule has 2 atom stereocenters. The van der Waals surface area contributed by atoms with Crippen molar-refractivity contribution in [3.8, 4) is 0 Å². The molecule has 1 aromatic heterocycles. The van der Waals surface area contributed by atoms with Crippen molar-refractivity contribution in [2.75, 3.05) is 13.1 Å². The van der Waals surface area contributed by atoms with Crippen molar-refractivity contribution in [1.82, 2.24) is 15.2 Å². The number of likely N-dealkylation sites (tertiary alicyclic amines) is 1. The third-order valence-electron chi connectivity index (χ3n) is 5.05. The summed E-state index contributed by atoms with van der Waals surface area (Å²) in [5, 5.41) is 14.8. The first-order valence-electron chi connectivity index (χ1n) is 9.02. The molecule has 26 heavy (non-hydrogen) atoms. The number of benzene rings is 2. The van der Waals surface area contributed by atoms with Gasteiger partial charge in [0.05, 0.1) is 12.1 Å². The Morgan fingerprint density at radius 1 is 1.15 bits per heavy atom. The molecule has 0 spiro atoms. The Morgan fingerprint density at radius 2 is 1.92 bits per heavy atom. The van der Waals surface area contributed by atoms with E-state index in [-0.39, 0.29) is 11.9 Å². The van der Waals surface area contributed by atoms with Gasteiger partial charge in [0.2, 0.25) is 5.91 Å². The molecule has 0 bridgehead atoms. The molecule has 134 valence electrons. The molecule has 4 rings (SSSR count). The van der Waals surface area contributed by atoms with Gasteiger partial charge in [0.25, 0.3) is 0 Å². The lowest BCUT2D eigenvalue weighted by molar-refractivity contribution is -0.130. The molecule has 2 aromatic carbocycles. The van der Waals surface area contributed by atoms with Crippen molar-refractivity contribution in [3.05, 3.63) is 71.9 Å². The fourth-order valence-electron chi connectivity index (χ4n) is 3.62. The highest BCUT2D eigenvalue weighted by Gasteiger charge is 2.31. The minimum absolute atomic E-state index is 0.111. The molecular formula is C21H23N3O2. The van der Waals surface area contributed by atoms with Crippen molar-refractivity contribution in [2.45, 2.75) is 25.1 Å². The predicted octanol–water partition coefficient (Wildman–Crippen LogP) is 2.59. The first-order valence-corrected chi connectivity index (χ1v) is 9.02. The van der Waals surface area contributed by atoms with Crippen LogP contribution in [0.25, 0.3) is 10.9 Å². The average molecular weight is 349 g/mol. The van der Waals surface area contributed by atoms with Crippen molar-refractivity contribution >= 4 is 16.8 Å². The van der Waals surface area contributed by atoms with Gasteiger partial charge in [-0.05, 0) is 18.1 Å². The maximum absolute atomic E-state index is 12.6. The van der Waals surface area contributed by atoms with Crippen LogP contribution in [-0.2, 0) is 11.3 Å². The lowest BCUT2D eigenvalue weighted by atomic mass is 10.1. The summed E-state index contributed by atoms with van der Waals surface area (Å²) < 4.78 is 0. The fourth-order valence-corrected chi connectivity index (χ4v) is 3.62. The SMILES string of the molecule is O=C1C(NCC(O)c2c[nH]c3ccccc23)CCN1Cc1ccccc1. The highest BCUT2D eigenvalue weighted by atomic mass is 16.3. The van der Waals surface area contributed by atoms with E-state index in [1.165, 1.54) is 0 Å². The van der Waals surface area contributed by atoms with Crippen LogP contribution in [0, 0.1) is 0 Å². The normalized spacial score (nSPS) is 18.6. The van der Waals surface area contributed by atoms with Gasteiger partial charge < -0.3 is 20.3 Å². The van der Waals surface area contributed by atoms with E-state index < -0.39 is 6.10 Å². The van der Waals surface area contributed by atoms with Crippen molar-refractivity contribution in [1.29, 1.82) is 0 Å².